The monoisotopic (exact) mass is 500 g/mol. The van der Waals surface area contributed by atoms with Crippen molar-refractivity contribution in [1.82, 2.24) is 0 Å². The van der Waals surface area contributed by atoms with Crippen molar-refractivity contribution >= 4 is 58.2 Å². The van der Waals surface area contributed by atoms with E-state index in [0.29, 0.717) is 26.4 Å². The summed E-state index contributed by atoms with van der Waals surface area (Å²) in [6.07, 6.45) is -0.982. The highest BCUT2D eigenvalue weighted by atomic mass is 32.9. The molecule has 4 nitrogen and oxygen atoms in total. The lowest BCUT2D eigenvalue weighted by molar-refractivity contribution is 0.0672. The Morgan fingerprint density at radius 3 is 2.36 bits per heavy atom. The molecule has 0 saturated carbocycles. The maximum absolute atomic E-state index is 7.54. The fourth-order valence-corrected chi connectivity index (χ4v) is 9.15. The first kappa shape index (κ1) is 25.2. The Hall–Kier alpha value is 0.930. The molecule has 158 valence electrons. The van der Waals surface area contributed by atoms with E-state index in [2.05, 4.69) is 32.0 Å². The number of benzene rings is 1. The molecule has 1 unspecified atom stereocenters. The van der Waals surface area contributed by atoms with Crippen molar-refractivity contribution in [3.05, 3.63) is 35.4 Å². The second-order valence-corrected chi connectivity index (χ2v) is 19.3. The van der Waals surface area contributed by atoms with Crippen LogP contribution >= 0.6 is 34.6 Å². The van der Waals surface area contributed by atoms with Gasteiger partial charge in [0.1, 0.15) is 18.0 Å². The van der Waals surface area contributed by atoms with E-state index in [1.165, 1.54) is 11.1 Å². The predicted octanol–water partition coefficient (Wildman–Crippen LogP) is 5.99. The van der Waals surface area contributed by atoms with Crippen LogP contribution in [-0.2, 0) is 48.7 Å². The summed E-state index contributed by atoms with van der Waals surface area (Å²) in [5.74, 6) is 1.58. The van der Waals surface area contributed by atoms with Gasteiger partial charge in [-0.3, -0.25) is 0 Å². The Morgan fingerprint density at radius 2 is 1.79 bits per heavy atom. The minimum absolute atomic E-state index is 0.0343. The van der Waals surface area contributed by atoms with Gasteiger partial charge in [0.2, 0.25) is 17.5 Å². The maximum Gasteiger partial charge on any atom is 0.414 e. The van der Waals surface area contributed by atoms with E-state index in [0.717, 1.165) is 11.5 Å². The summed E-state index contributed by atoms with van der Waals surface area (Å²) in [4.78, 5) is 0. The summed E-state index contributed by atoms with van der Waals surface area (Å²) in [6, 6.07) is 8.37. The molecule has 0 bridgehead atoms. The van der Waals surface area contributed by atoms with Crippen LogP contribution in [-0.4, -0.2) is 31.5 Å². The quantitative estimate of drug-likeness (QED) is 0.289. The van der Waals surface area contributed by atoms with Crippen LogP contribution < -0.4 is 0 Å². The molecule has 1 fully saturated rings. The molecule has 2 N–H and O–H groups in total. The molecule has 1 aliphatic rings. The van der Waals surface area contributed by atoms with Crippen molar-refractivity contribution in [1.29, 1.82) is 0 Å². The molecule has 1 atom stereocenters. The Kier molecular flexibility index (Phi) is 9.89. The summed E-state index contributed by atoms with van der Waals surface area (Å²) in [7, 11) is 0. The second kappa shape index (κ2) is 11.0. The molecule has 1 aromatic rings. The van der Waals surface area contributed by atoms with Crippen LogP contribution in [0.1, 0.15) is 38.8 Å². The van der Waals surface area contributed by atoms with Gasteiger partial charge in [0.15, 0.2) is 6.61 Å². The number of rotatable bonds is 10. The molecule has 1 aliphatic heterocycles. The number of hydrogen-bond acceptors (Lipinski definition) is 7. The molecule has 1 aromatic carbocycles. The second-order valence-electron chi connectivity index (χ2n) is 8.31. The zero-order valence-electron chi connectivity index (χ0n) is 16.8. The topological polar surface area (TPSA) is 50.6 Å². The lowest BCUT2D eigenvalue weighted by Gasteiger charge is -2.35. The lowest BCUT2D eigenvalue weighted by atomic mass is 9.97. The van der Waals surface area contributed by atoms with Gasteiger partial charge in [-0.15, -0.1) is 0 Å². The van der Waals surface area contributed by atoms with E-state index in [1.54, 1.807) is 22.8 Å². The van der Waals surface area contributed by atoms with E-state index in [-0.39, 0.29) is 10.8 Å². The van der Waals surface area contributed by atoms with Gasteiger partial charge in [0.05, 0.1) is 24.4 Å². The van der Waals surface area contributed by atoms with E-state index in [9.17, 15) is 0 Å². The minimum Gasteiger partial charge on any atom is -0.445 e. The van der Waals surface area contributed by atoms with Gasteiger partial charge in [-0.05, 0) is 22.9 Å². The average molecular weight is 501 g/mol. The highest BCUT2D eigenvalue weighted by Gasteiger charge is 2.34. The van der Waals surface area contributed by atoms with Crippen LogP contribution in [0.5, 0.6) is 0 Å². The van der Waals surface area contributed by atoms with Crippen molar-refractivity contribution in [2.45, 2.75) is 39.2 Å². The standard InChI is InChI=1S/C18H29O4P2S4/c1-17(2,11-19)12-20-23(25)27-9-15-7-5-6-8-16(15)10-28-24(26)21-13-18(3,4)14-22-24/h5-8,19H,9-14H2,1-4H3/q+1/p+1. The van der Waals surface area contributed by atoms with Crippen LogP contribution in [0.25, 0.3) is 0 Å². The third-order valence-corrected chi connectivity index (χ3v) is 12.9. The van der Waals surface area contributed by atoms with E-state index in [4.69, 9.17) is 42.3 Å². The van der Waals surface area contributed by atoms with Crippen LogP contribution in [0.3, 0.4) is 0 Å². The Bertz CT molecular complexity index is 713. The molecule has 1 heterocycles. The maximum atomic E-state index is 7.54. The first-order valence-corrected chi connectivity index (χ1v) is 17.1. The molecule has 0 aromatic heterocycles. The zero-order valence-corrected chi connectivity index (χ0v) is 21.9. The van der Waals surface area contributed by atoms with Gasteiger partial charge in [-0.2, -0.15) is 4.52 Å². The molecule has 0 amide bonds. The van der Waals surface area contributed by atoms with Gasteiger partial charge in [0.25, 0.3) is 0 Å². The van der Waals surface area contributed by atoms with Crippen molar-refractivity contribution in [3.8, 4) is 0 Å². The largest absolute Gasteiger partial charge is 0.445 e. The van der Waals surface area contributed by atoms with Gasteiger partial charge in [0, 0.05) is 11.2 Å². The van der Waals surface area contributed by atoms with E-state index >= 15 is 0 Å². The minimum atomic E-state index is -2.27. The SMILES string of the molecule is CC(C)(C[OH2+])CO[P+](=S)SCc1ccccc1CSP1(=S)OCC(C)(C)CO1. The zero-order chi connectivity index (χ0) is 20.8. The third kappa shape index (κ3) is 8.58. The molecule has 0 aliphatic carbocycles. The first-order chi connectivity index (χ1) is 13.0. The summed E-state index contributed by atoms with van der Waals surface area (Å²) >= 11 is 14.4. The summed E-state index contributed by atoms with van der Waals surface area (Å²) < 4.78 is 17.7. The fraction of sp³-hybridized carbons (Fsp3) is 0.667. The molecule has 1 saturated heterocycles. The van der Waals surface area contributed by atoms with Gasteiger partial charge in [-0.25, -0.2) is 0 Å². The summed E-state index contributed by atoms with van der Waals surface area (Å²) in [5, 5.41) is 7.54. The van der Waals surface area contributed by atoms with Crippen LogP contribution in [0.4, 0.5) is 0 Å². The van der Waals surface area contributed by atoms with E-state index < -0.39 is 11.8 Å². The molecular weight excluding hydrogens is 470 g/mol. The Balaban J connectivity index is 1.87. The Morgan fingerprint density at radius 1 is 1.21 bits per heavy atom. The number of hydrogen-bond donors (Lipinski definition) is 0. The summed E-state index contributed by atoms with van der Waals surface area (Å²) in [6.45, 7) is 10.5. The third-order valence-electron chi connectivity index (χ3n) is 4.09. The molecule has 2 rings (SSSR count). The van der Waals surface area contributed by atoms with Crippen LogP contribution in [0.15, 0.2) is 24.3 Å². The molecule has 28 heavy (non-hydrogen) atoms. The molecular formula is C18H30O4P2S4+2. The predicted molar refractivity (Wildman–Crippen MR) is 132 cm³/mol. The van der Waals surface area contributed by atoms with Crippen LogP contribution in [0, 0.1) is 10.8 Å². The normalized spacial score (nSPS) is 19.4. The van der Waals surface area contributed by atoms with Crippen molar-refractivity contribution in [2.24, 2.45) is 10.8 Å². The Labute approximate surface area is 188 Å². The average Bonchev–Trinajstić information content (AvgIpc) is 2.67. The van der Waals surface area contributed by atoms with Crippen LogP contribution in [0.2, 0.25) is 0 Å². The van der Waals surface area contributed by atoms with Crippen molar-refractivity contribution in [3.63, 3.8) is 0 Å². The first-order valence-electron chi connectivity index (χ1n) is 9.02. The molecule has 0 spiro atoms. The van der Waals surface area contributed by atoms with Gasteiger partial charge < -0.3 is 14.2 Å². The summed E-state index contributed by atoms with van der Waals surface area (Å²) in [5.41, 5.74) is 0.112. The fourth-order valence-electron chi connectivity index (χ4n) is 2.09. The van der Waals surface area contributed by atoms with E-state index in [1.807, 2.05) is 19.9 Å². The van der Waals surface area contributed by atoms with Crippen molar-refractivity contribution < 1.29 is 18.7 Å². The highest BCUT2D eigenvalue weighted by molar-refractivity contribution is 8.67. The lowest BCUT2D eigenvalue weighted by Crippen LogP contribution is -2.28. The van der Waals surface area contributed by atoms with Crippen molar-refractivity contribution in [2.75, 3.05) is 26.4 Å². The highest BCUT2D eigenvalue weighted by Crippen LogP contribution is 2.65. The molecule has 10 heteroatoms. The molecule has 0 radical (unpaired) electrons. The van der Waals surface area contributed by atoms with Gasteiger partial charge >= 0.3 is 6.13 Å². The van der Waals surface area contributed by atoms with Gasteiger partial charge in [-0.1, -0.05) is 63.3 Å². The smallest absolute Gasteiger partial charge is 0.414 e.